The zero-order valence-corrected chi connectivity index (χ0v) is 17.5. The first-order chi connectivity index (χ1) is 15.3. The van der Waals surface area contributed by atoms with Crippen molar-refractivity contribution in [1.82, 2.24) is 14.9 Å². The van der Waals surface area contributed by atoms with E-state index in [9.17, 15) is 18.4 Å². The summed E-state index contributed by atoms with van der Waals surface area (Å²) in [5.74, 6) is -0.363. The Morgan fingerprint density at radius 2 is 2.03 bits per heavy atom. The highest BCUT2D eigenvalue weighted by Crippen LogP contribution is 2.37. The van der Waals surface area contributed by atoms with Gasteiger partial charge in [-0.15, -0.1) is 0 Å². The Bertz CT molecular complexity index is 993. The summed E-state index contributed by atoms with van der Waals surface area (Å²) in [5, 5.41) is 0. The molecule has 1 saturated carbocycles. The summed E-state index contributed by atoms with van der Waals surface area (Å²) in [6.45, 7) is -0.811. The molecule has 1 unspecified atom stereocenters. The van der Waals surface area contributed by atoms with Gasteiger partial charge in [0, 0.05) is 31.1 Å². The zero-order chi connectivity index (χ0) is 22.8. The molecule has 2 heterocycles. The lowest BCUT2D eigenvalue weighted by Gasteiger charge is -2.19. The van der Waals surface area contributed by atoms with Gasteiger partial charge in [0.25, 0.3) is 0 Å². The van der Waals surface area contributed by atoms with Crippen LogP contribution in [0.1, 0.15) is 37.8 Å². The minimum Gasteiger partial charge on any atom is -0.489 e. The van der Waals surface area contributed by atoms with E-state index in [1.165, 1.54) is 17.9 Å². The largest absolute Gasteiger partial charge is 0.489 e. The molecule has 2 aliphatic rings. The van der Waals surface area contributed by atoms with Crippen molar-refractivity contribution in [3.63, 3.8) is 0 Å². The van der Waals surface area contributed by atoms with Gasteiger partial charge in [-0.05, 0) is 43.4 Å². The number of nitrogens with zero attached hydrogens (tertiary/aromatic N) is 3. The highest BCUT2D eigenvalue weighted by Gasteiger charge is 2.38. The molecule has 0 radical (unpaired) electrons. The average Bonchev–Trinajstić information content (AvgIpc) is 3.47. The third-order valence-electron chi connectivity index (χ3n) is 5.73. The first kappa shape index (κ1) is 21.9. The highest BCUT2D eigenvalue weighted by atomic mass is 19.3. The van der Waals surface area contributed by atoms with Crippen LogP contribution in [0, 0.1) is 5.92 Å². The zero-order valence-electron chi connectivity index (χ0n) is 17.5. The Morgan fingerprint density at radius 3 is 2.66 bits per heavy atom. The maximum atomic E-state index is 12.8. The van der Waals surface area contributed by atoms with Crippen LogP contribution < -0.4 is 15.2 Å². The number of alkyl halides is 2. The second-order valence-corrected chi connectivity index (χ2v) is 8.15. The molecule has 0 spiro atoms. The number of primary amides is 1. The molecule has 1 aromatic carbocycles. The van der Waals surface area contributed by atoms with Gasteiger partial charge in [-0.25, -0.2) is 4.98 Å². The number of benzene rings is 1. The molecule has 10 heteroatoms. The lowest BCUT2D eigenvalue weighted by atomic mass is 10.0. The number of ether oxygens (including phenoxy) is 2. The van der Waals surface area contributed by atoms with Crippen LogP contribution in [0.25, 0.3) is 11.3 Å². The van der Waals surface area contributed by atoms with Crippen LogP contribution in [0.3, 0.4) is 0 Å². The molecule has 1 saturated heterocycles. The fourth-order valence-corrected chi connectivity index (χ4v) is 3.85. The van der Waals surface area contributed by atoms with Crippen molar-refractivity contribution in [2.45, 2.75) is 44.8 Å². The number of rotatable bonds is 8. The Kier molecular flexibility index (Phi) is 6.20. The van der Waals surface area contributed by atoms with E-state index >= 15 is 0 Å². The topological polar surface area (TPSA) is 108 Å². The first-order valence-electron chi connectivity index (χ1n) is 10.4. The molecule has 170 valence electrons. The van der Waals surface area contributed by atoms with Gasteiger partial charge < -0.3 is 20.1 Å². The number of halogens is 2. The molecular formula is C22H24F2N4O4. The van der Waals surface area contributed by atoms with E-state index in [2.05, 4.69) is 14.7 Å². The molecule has 4 rings (SSSR count). The Hall–Kier alpha value is -3.30. The first-order valence-corrected chi connectivity index (χ1v) is 10.4. The van der Waals surface area contributed by atoms with Crippen LogP contribution in [0.2, 0.25) is 0 Å². The van der Waals surface area contributed by atoms with Crippen molar-refractivity contribution in [2.24, 2.45) is 11.7 Å². The van der Waals surface area contributed by atoms with Crippen LogP contribution in [0.4, 0.5) is 8.78 Å². The van der Waals surface area contributed by atoms with Gasteiger partial charge in [0.15, 0.2) is 11.5 Å². The fraction of sp³-hybridized carbons (Fsp3) is 0.455. The number of nitrogens with two attached hydrogens (primary N) is 1. The molecule has 1 aliphatic carbocycles. The molecule has 2 N–H and O–H groups in total. The predicted molar refractivity (Wildman–Crippen MR) is 110 cm³/mol. The van der Waals surface area contributed by atoms with Crippen LogP contribution in [0.5, 0.6) is 11.5 Å². The van der Waals surface area contributed by atoms with Gasteiger partial charge in [0.2, 0.25) is 11.8 Å². The van der Waals surface area contributed by atoms with E-state index in [-0.39, 0.29) is 23.3 Å². The molecule has 2 amide bonds. The third kappa shape index (κ3) is 4.95. The van der Waals surface area contributed by atoms with Gasteiger partial charge in [-0.1, -0.05) is 0 Å². The molecule has 8 nitrogen and oxygen atoms in total. The van der Waals surface area contributed by atoms with Gasteiger partial charge in [-0.2, -0.15) is 8.78 Å². The molecular weight excluding hydrogens is 422 g/mol. The maximum absolute atomic E-state index is 12.8. The third-order valence-corrected chi connectivity index (χ3v) is 5.73. The highest BCUT2D eigenvalue weighted by molar-refractivity contribution is 5.86. The minimum atomic E-state index is -2.96. The normalized spacial score (nSPS) is 20.4. The second kappa shape index (κ2) is 9.05. The number of amides is 2. The van der Waals surface area contributed by atoms with Gasteiger partial charge >= 0.3 is 6.61 Å². The number of hydrogen-bond donors (Lipinski definition) is 1. The van der Waals surface area contributed by atoms with E-state index in [4.69, 9.17) is 10.5 Å². The monoisotopic (exact) mass is 446 g/mol. The van der Waals surface area contributed by atoms with E-state index in [0.29, 0.717) is 42.4 Å². The van der Waals surface area contributed by atoms with E-state index in [0.717, 1.165) is 12.8 Å². The van der Waals surface area contributed by atoms with Crippen LogP contribution >= 0.6 is 0 Å². The van der Waals surface area contributed by atoms with Crippen LogP contribution in [-0.2, 0) is 9.59 Å². The SMILES string of the molecule is CC(=O)N1CC(c2cncc(-c3ccc(OC(F)F)c(OCC4CC4)c3)n2)C[C@@H]1C(N)=O. The molecule has 1 aromatic heterocycles. The van der Waals surface area contributed by atoms with Crippen molar-refractivity contribution in [3.8, 4) is 22.8 Å². The Balaban J connectivity index is 1.59. The summed E-state index contributed by atoms with van der Waals surface area (Å²) in [6.07, 6.45) is 5.63. The summed E-state index contributed by atoms with van der Waals surface area (Å²) >= 11 is 0. The molecule has 2 atom stereocenters. The minimum absolute atomic E-state index is 0.0364. The van der Waals surface area contributed by atoms with E-state index in [1.54, 1.807) is 24.5 Å². The molecule has 2 aromatic rings. The molecule has 0 bridgehead atoms. The standard InChI is InChI=1S/C22H24F2N4O4/c1-12(29)28-10-15(6-18(28)21(25)30)17-9-26-8-16(27-17)14-4-5-19(32-22(23)24)20(7-14)31-11-13-2-3-13/h4-5,7-9,13,15,18,22H,2-3,6,10-11H2,1H3,(H2,25,30)/t15?,18-/m1/s1. The quantitative estimate of drug-likeness (QED) is 0.668. The number of carbonyl (C=O) groups is 2. The van der Waals surface area contributed by atoms with Crippen molar-refractivity contribution in [1.29, 1.82) is 0 Å². The smallest absolute Gasteiger partial charge is 0.387 e. The molecule has 1 aliphatic heterocycles. The van der Waals surface area contributed by atoms with E-state index < -0.39 is 18.6 Å². The Labute approximate surface area is 183 Å². The van der Waals surface area contributed by atoms with E-state index in [1.807, 2.05) is 0 Å². The number of hydrogen-bond acceptors (Lipinski definition) is 6. The van der Waals surface area contributed by atoms with Crippen LogP contribution in [0.15, 0.2) is 30.6 Å². The fourth-order valence-electron chi connectivity index (χ4n) is 3.85. The van der Waals surface area contributed by atoms with Gasteiger partial charge in [-0.3, -0.25) is 14.6 Å². The summed E-state index contributed by atoms with van der Waals surface area (Å²) in [6, 6.07) is 3.96. The lowest BCUT2D eigenvalue weighted by molar-refractivity contribution is -0.135. The van der Waals surface area contributed by atoms with Gasteiger partial charge in [0.05, 0.1) is 24.2 Å². The number of aromatic nitrogens is 2. The average molecular weight is 446 g/mol. The lowest BCUT2D eigenvalue weighted by Crippen LogP contribution is -2.42. The molecule has 2 fully saturated rings. The van der Waals surface area contributed by atoms with Gasteiger partial charge in [0.1, 0.15) is 6.04 Å². The van der Waals surface area contributed by atoms with Crippen molar-refractivity contribution in [2.75, 3.05) is 13.2 Å². The van der Waals surface area contributed by atoms with Crippen molar-refractivity contribution in [3.05, 3.63) is 36.3 Å². The summed E-state index contributed by atoms with van der Waals surface area (Å²) in [4.78, 5) is 34.0. The second-order valence-electron chi connectivity index (χ2n) is 8.15. The summed E-state index contributed by atoms with van der Waals surface area (Å²) < 4.78 is 35.9. The number of carbonyl (C=O) groups excluding carboxylic acids is 2. The molecule has 32 heavy (non-hydrogen) atoms. The summed E-state index contributed by atoms with van der Waals surface area (Å²) in [7, 11) is 0. The Morgan fingerprint density at radius 1 is 1.25 bits per heavy atom. The predicted octanol–water partition coefficient (Wildman–Crippen LogP) is 2.72. The van der Waals surface area contributed by atoms with Crippen LogP contribution in [-0.4, -0.2) is 52.5 Å². The van der Waals surface area contributed by atoms with Crippen molar-refractivity contribution < 1.29 is 27.8 Å². The maximum Gasteiger partial charge on any atom is 0.387 e. The number of likely N-dealkylation sites (tertiary alicyclic amines) is 1. The summed E-state index contributed by atoms with van der Waals surface area (Å²) in [5.41, 5.74) is 7.21. The van der Waals surface area contributed by atoms with Crippen molar-refractivity contribution >= 4 is 11.8 Å².